The van der Waals surface area contributed by atoms with Crippen molar-refractivity contribution in [3.8, 4) is 0 Å². The number of ketones is 1. The van der Waals surface area contributed by atoms with E-state index in [-0.39, 0.29) is 17.4 Å². The third kappa shape index (κ3) is 3.23. The Hall–Kier alpha value is -1.29. The molecule has 0 saturated carbocycles. The van der Waals surface area contributed by atoms with E-state index in [1.54, 1.807) is 0 Å². The van der Waals surface area contributed by atoms with Crippen LogP contribution in [0.4, 0.5) is 8.78 Å². The van der Waals surface area contributed by atoms with Gasteiger partial charge in [-0.25, -0.2) is 8.78 Å². The SMILES string of the molecule is CCC1CCCN(C(C)C(=O)c2ccc(F)cc2F)C1. The zero-order chi connectivity index (χ0) is 14.7. The van der Waals surface area contributed by atoms with Gasteiger partial charge >= 0.3 is 0 Å². The summed E-state index contributed by atoms with van der Waals surface area (Å²) in [5.74, 6) is -1.09. The zero-order valence-corrected chi connectivity index (χ0v) is 12.0. The highest BCUT2D eigenvalue weighted by atomic mass is 19.1. The van der Waals surface area contributed by atoms with E-state index in [9.17, 15) is 13.6 Å². The first-order valence-corrected chi connectivity index (χ1v) is 7.26. The van der Waals surface area contributed by atoms with Crippen molar-refractivity contribution in [2.75, 3.05) is 13.1 Å². The Morgan fingerprint density at radius 3 is 2.85 bits per heavy atom. The smallest absolute Gasteiger partial charge is 0.182 e. The molecule has 0 spiro atoms. The summed E-state index contributed by atoms with van der Waals surface area (Å²) >= 11 is 0. The normalized spacial score (nSPS) is 21.7. The van der Waals surface area contributed by atoms with E-state index in [1.807, 2.05) is 6.92 Å². The minimum Gasteiger partial charge on any atom is -0.293 e. The number of hydrogen-bond acceptors (Lipinski definition) is 2. The molecule has 0 N–H and O–H groups in total. The molecular weight excluding hydrogens is 260 g/mol. The van der Waals surface area contributed by atoms with Crippen LogP contribution in [0.15, 0.2) is 18.2 Å². The Bertz CT molecular complexity index is 489. The van der Waals surface area contributed by atoms with Gasteiger partial charge in [0.25, 0.3) is 0 Å². The molecule has 0 radical (unpaired) electrons. The molecule has 1 aromatic carbocycles. The summed E-state index contributed by atoms with van der Waals surface area (Å²) in [6.45, 7) is 5.71. The van der Waals surface area contributed by atoms with Crippen molar-refractivity contribution < 1.29 is 13.6 Å². The van der Waals surface area contributed by atoms with Gasteiger partial charge in [0.05, 0.1) is 11.6 Å². The van der Waals surface area contributed by atoms with Crippen molar-refractivity contribution in [2.24, 2.45) is 5.92 Å². The predicted octanol–water partition coefficient (Wildman–Crippen LogP) is 3.66. The Morgan fingerprint density at radius 1 is 1.45 bits per heavy atom. The van der Waals surface area contributed by atoms with E-state index >= 15 is 0 Å². The van der Waals surface area contributed by atoms with Crippen LogP contribution in [0.2, 0.25) is 0 Å². The number of carbonyl (C=O) groups is 1. The summed E-state index contributed by atoms with van der Waals surface area (Å²) in [4.78, 5) is 14.5. The monoisotopic (exact) mass is 281 g/mol. The fourth-order valence-electron chi connectivity index (χ4n) is 2.86. The van der Waals surface area contributed by atoms with Crippen LogP contribution in [0.25, 0.3) is 0 Å². The maximum absolute atomic E-state index is 13.7. The lowest BCUT2D eigenvalue weighted by atomic mass is 9.93. The zero-order valence-electron chi connectivity index (χ0n) is 12.0. The summed E-state index contributed by atoms with van der Waals surface area (Å²) in [6.07, 6.45) is 3.36. The highest BCUT2D eigenvalue weighted by Crippen LogP contribution is 2.23. The lowest BCUT2D eigenvalue weighted by molar-refractivity contribution is 0.0745. The molecule has 1 saturated heterocycles. The maximum Gasteiger partial charge on any atom is 0.182 e. The molecular formula is C16H21F2NO. The first-order chi connectivity index (χ1) is 9.52. The lowest BCUT2D eigenvalue weighted by Gasteiger charge is -2.35. The number of benzene rings is 1. The van der Waals surface area contributed by atoms with Gasteiger partial charge in [0, 0.05) is 12.6 Å². The second-order valence-corrected chi connectivity index (χ2v) is 5.58. The van der Waals surface area contributed by atoms with Crippen molar-refractivity contribution in [3.63, 3.8) is 0 Å². The van der Waals surface area contributed by atoms with Crippen LogP contribution < -0.4 is 0 Å². The van der Waals surface area contributed by atoms with Gasteiger partial charge in [-0.1, -0.05) is 13.3 Å². The minimum absolute atomic E-state index is 0.0162. The van der Waals surface area contributed by atoms with Gasteiger partial charge in [0.2, 0.25) is 0 Å². The van der Waals surface area contributed by atoms with Crippen molar-refractivity contribution in [3.05, 3.63) is 35.4 Å². The van der Waals surface area contributed by atoms with Crippen molar-refractivity contribution in [1.82, 2.24) is 4.90 Å². The molecule has 0 aliphatic carbocycles. The molecule has 2 rings (SSSR count). The number of nitrogens with zero attached hydrogens (tertiary/aromatic N) is 1. The fraction of sp³-hybridized carbons (Fsp3) is 0.562. The lowest BCUT2D eigenvalue weighted by Crippen LogP contribution is -2.45. The summed E-state index contributed by atoms with van der Waals surface area (Å²) in [7, 11) is 0. The van der Waals surface area contributed by atoms with Crippen LogP contribution in [0.5, 0.6) is 0 Å². The van der Waals surface area contributed by atoms with Gasteiger partial charge in [-0.2, -0.15) is 0 Å². The topological polar surface area (TPSA) is 20.3 Å². The van der Waals surface area contributed by atoms with E-state index in [1.165, 1.54) is 12.5 Å². The van der Waals surface area contributed by atoms with Crippen molar-refractivity contribution in [2.45, 2.75) is 39.2 Å². The number of carbonyl (C=O) groups excluding carboxylic acids is 1. The second-order valence-electron chi connectivity index (χ2n) is 5.58. The first kappa shape index (κ1) is 15.1. The third-order valence-electron chi connectivity index (χ3n) is 4.25. The molecule has 1 fully saturated rings. The molecule has 2 nitrogen and oxygen atoms in total. The number of rotatable bonds is 4. The van der Waals surface area contributed by atoms with E-state index in [0.717, 1.165) is 38.1 Å². The van der Waals surface area contributed by atoms with Crippen molar-refractivity contribution >= 4 is 5.78 Å². The number of Topliss-reactive ketones (excluding diaryl/α,β-unsaturated/α-hetero) is 1. The standard InChI is InChI=1S/C16H21F2NO/c1-3-12-5-4-8-19(10-12)11(2)16(20)14-7-6-13(17)9-15(14)18/h6-7,9,11-12H,3-5,8,10H2,1-2H3. The third-order valence-corrected chi connectivity index (χ3v) is 4.25. The van der Waals surface area contributed by atoms with Crippen molar-refractivity contribution in [1.29, 1.82) is 0 Å². The first-order valence-electron chi connectivity index (χ1n) is 7.26. The molecule has 1 aliphatic rings. The molecule has 1 aliphatic heterocycles. The summed E-state index contributed by atoms with van der Waals surface area (Å²) in [6, 6.07) is 2.79. The van der Waals surface area contributed by atoms with Crippen LogP contribution in [-0.4, -0.2) is 29.8 Å². The molecule has 4 heteroatoms. The molecule has 20 heavy (non-hydrogen) atoms. The predicted molar refractivity (Wildman–Crippen MR) is 74.7 cm³/mol. The van der Waals surface area contributed by atoms with E-state index < -0.39 is 11.6 Å². The number of piperidine rings is 1. The van der Waals surface area contributed by atoms with E-state index in [0.29, 0.717) is 5.92 Å². The summed E-state index contributed by atoms with van der Waals surface area (Å²) in [5, 5.41) is 0. The van der Waals surface area contributed by atoms with Gasteiger partial charge in [-0.3, -0.25) is 9.69 Å². The Labute approximate surface area is 118 Å². The number of halogens is 2. The quantitative estimate of drug-likeness (QED) is 0.785. The molecule has 0 aromatic heterocycles. The fourth-order valence-corrected chi connectivity index (χ4v) is 2.86. The van der Waals surface area contributed by atoms with Gasteiger partial charge in [0.1, 0.15) is 11.6 Å². The molecule has 0 bridgehead atoms. The molecule has 1 aromatic rings. The Kier molecular flexibility index (Phi) is 4.86. The number of likely N-dealkylation sites (tertiary alicyclic amines) is 1. The second kappa shape index (κ2) is 6.44. The van der Waals surface area contributed by atoms with Crippen LogP contribution in [0.3, 0.4) is 0 Å². The van der Waals surface area contributed by atoms with Gasteiger partial charge < -0.3 is 0 Å². The van der Waals surface area contributed by atoms with Crippen LogP contribution in [0, 0.1) is 17.6 Å². The molecule has 2 unspecified atom stereocenters. The maximum atomic E-state index is 13.7. The molecule has 2 atom stereocenters. The van der Waals surface area contributed by atoms with E-state index in [4.69, 9.17) is 0 Å². The average molecular weight is 281 g/mol. The van der Waals surface area contributed by atoms with Gasteiger partial charge in [-0.05, 0) is 44.4 Å². The van der Waals surface area contributed by atoms with Crippen LogP contribution >= 0.6 is 0 Å². The minimum atomic E-state index is -0.772. The van der Waals surface area contributed by atoms with Gasteiger partial charge in [0.15, 0.2) is 5.78 Å². The highest BCUT2D eigenvalue weighted by Gasteiger charge is 2.28. The molecule has 1 heterocycles. The number of hydrogen-bond donors (Lipinski definition) is 0. The largest absolute Gasteiger partial charge is 0.293 e. The summed E-state index contributed by atoms with van der Waals surface area (Å²) < 4.78 is 26.6. The Morgan fingerprint density at radius 2 is 2.20 bits per heavy atom. The summed E-state index contributed by atoms with van der Waals surface area (Å²) in [5.41, 5.74) is -0.0162. The van der Waals surface area contributed by atoms with Gasteiger partial charge in [-0.15, -0.1) is 0 Å². The van der Waals surface area contributed by atoms with Crippen LogP contribution in [-0.2, 0) is 0 Å². The average Bonchev–Trinajstić information content (AvgIpc) is 2.46. The van der Waals surface area contributed by atoms with E-state index in [2.05, 4.69) is 11.8 Å². The highest BCUT2D eigenvalue weighted by molar-refractivity contribution is 6.00. The van der Waals surface area contributed by atoms with Crippen LogP contribution in [0.1, 0.15) is 43.5 Å². The molecule has 110 valence electrons. The Balaban J connectivity index is 2.11. The molecule has 0 amide bonds.